The fourth-order valence-electron chi connectivity index (χ4n) is 3.54. The van der Waals surface area contributed by atoms with E-state index in [0.717, 1.165) is 37.2 Å². The SMILES string of the molecule is CCOc1ccc(/C=C/C(=O)Nc2cc(C(N)=O)ccc2N2CCCC2)cc1OCC. The Morgan fingerprint density at radius 1 is 1.03 bits per heavy atom. The maximum atomic E-state index is 12.6. The topological polar surface area (TPSA) is 93.9 Å². The van der Waals surface area contributed by atoms with E-state index in [-0.39, 0.29) is 5.91 Å². The zero-order chi connectivity index (χ0) is 22.2. The van der Waals surface area contributed by atoms with Gasteiger partial charge in [0.1, 0.15) is 0 Å². The van der Waals surface area contributed by atoms with E-state index in [1.54, 1.807) is 18.2 Å². The summed E-state index contributed by atoms with van der Waals surface area (Å²) in [6.45, 7) is 6.72. The molecule has 2 aromatic carbocycles. The Bertz CT molecular complexity index is 965. The number of hydrogen-bond donors (Lipinski definition) is 2. The average Bonchev–Trinajstić information content (AvgIpc) is 3.29. The van der Waals surface area contributed by atoms with Crippen molar-refractivity contribution in [3.63, 3.8) is 0 Å². The lowest BCUT2D eigenvalue weighted by Gasteiger charge is -2.21. The molecule has 1 aliphatic heterocycles. The number of carbonyl (C=O) groups excluding carboxylic acids is 2. The van der Waals surface area contributed by atoms with E-state index in [1.807, 2.05) is 38.1 Å². The van der Waals surface area contributed by atoms with E-state index < -0.39 is 5.91 Å². The number of rotatable bonds is 9. The summed E-state index contributed by atoms with van der Waals surface area (Å²) < 4.78 is 11.2. The van der Waals surface area contributed by atoms with Gasteiger partial charge in [-0.1, -0.05) is 6.07 Å². The average molecular weight is 424 g/mol. The maximum absolute atomic E-state index is 12.6. The van der Waals surface area contributed by atoms with Gasteiger partial charge in [0.05, 0.1) is 24.6 Å². The summed E-state index contributed by atoms with van der Waals surface area (Å²) in [5.41, 5.74) is 8.06. The molecule has 0 radical (unpaired) electrons. The quantitative estimate of drug-likeness (QED) is 0.598. The number of nitrogens with two attached hydrogens (primary N) is 1. The first kappa shape index (κ1) is 22.2. The number of benzene rings is 2. The molecular weight excluding hydrogens is 394 g/mol. The first-order chi connectivity index (χ1) is 15.0. The first-order valence-corrected chi connectivity index (χ1v) is 10.6. The Hall–Kier alpha value is -3.48. The third kappa shape index (κ3) is 5.78. The molecule has 1 heterocycles. The molecule has 31 heavy (non-hydrogen) atoms. The summed E-state index contributed by atoms with van der Waals surface area (Å²) in [6.07, 6.45) is 5.37. The number of hydrogen-bond acceptors (Lipinski definition) is 5. The maximum Gasteiger partial charge on any atom is 0.248 e. The van der Waals surface area contributed by atoms with Crippen molar-refractivity contribution in [2.45, 2.75) is 26.7 Å². The van der Waals surface area contributed by atoms with Gasteiger partial charge in [-0.15, -0.1) is 0 Å². The molecule has 0 aliphatic carbocycles. The van der Waals surface area contributed by atoms with E-state index >= 15 is 0 Å². The third-order valence-electron chi connectivity index (χ3n) is 4.98. The predicted molar refractivity (Wildman–Crippen MR) is 123 cm³/mol. The van der Waals surface area contributed by atoms with Crippen molar-refractivity contribution in [1.29, 1.82) is 0 Å². The van der Waals surface area contributed by atoms with Crippen LogP contribution in [0.25, 0.3) is 6.08 Å². The molecule has 7 heteroatoms. The molecule has 3 rings (SSSR count). The van der Waals surface area contributed by atoms with Gasteiger partial charge in [-0.3, -0.25) is 9.59 Å². The zero-order valence-corrected chi connectivity index (χ0v) is 18.0. The standard InChI is InChI=1S/C24H29N3O4/c1-3-30-21-11-7-17(15-22(21)31-4-2)8-12-23(28)26-19-16-18(24(25)29)9-10-20(19)27-13-5-6-14-27/h7-12,15-16H,3-6,13-14H2,1-2H3,(H2,25,29)(H,26,28)/b12-8+. The minimum Gasteiger partial charge on any atom is -0.490 e. The van der Waals surface area contributed by atoms with Crippen LogP contribution in [-0.2, 0) is 4.79 Å². The van der Waals surface area contributed by atoms with Crippen molar-refractivity contribution in [3.8, 4) is 11.5 Å². The Balaban J connectivity index is 1.78. The highest BCUT2D eigenvalue weighted by atomic mass is 16.5. The number of amides is 2. The van der Waals surface area contributed by atoms with Crippen LogP contribution in [0.1, 0.15) is 42.6 Å². The van der Waals surface area contributed by atoms with Gasteiger partial charge < -0.3 is 25.4 Å². The van der Waals surface area contributed by atoms with Crippen LogP contribution in [0.2, 0.25) is 0 Å². The first-order valence-electron chi connectivity index (χ1n) is 10.6. The largest absolute Gasteiger partial charge is 0.490 e. The second kappa shape index (κ2) is 10.5. The van der Waals surface area contributed by atoms with Gasteiger partial charge in [0.25, 0.3) is 0 Å². The summed E-state index contributed by atoms with van der Waals surface area (Å²) in [5, 5.41) is 2.89. The van der Waals surface area contributed by atoms with Crippen LogP contribution < -0.4 is 25.4 Å². The molecule has 0 unspecified atom stereocenters. The van der Waals surface area contributed by atoms with Crippen LogP contribution in [0.5, 0.6) is 11.5 Å². The number of anilines is 2. The second-order valence-electron chi connectivity index (χ2n) is 7.19. The normalized spacial score (nSPS) is 13.4. The van der Waals surface area contributed by atoms with Crippen molar-refractivity contribution in [2.24, 2.45) is 5.73 Å². The van der Waals surface area contributed by atoms with Crippen molar-refractivity contribution in [2.75, 3.05) is 36.5 Å². The van der Waals surface area contributed by atoms with E-state index in [2.05, 4.69) is 10.2 Å². The fourth-order valence-corrected chi connectivity index (χ4v) is 3.54. The summed E-state index contributed by atoms with van der Waals surface area (Å²) in [7, 11) is 0. The minimum atomic E-state index is -0.531. The summed E-state index contributed by atoms with van der Waals surface area (Å²) in [5.74, 6) is 0.479. The highest BCUT2D eigenvalue weighted by Gasteiger charge is 2.18. The molecule has 1 fully saturated rings. The number of ether oxygens (including phenoxy) is 2. The van der Waals surface area contributed by atoms with Crippen LogP contribution >= 0.6 is 0 Å². The van der Waals surface area contributed by atoms with Gasteiger partial charge in [0, 0.05) is 24.7 Å². The van der Waals surface area contributed by atoms with E-state index in [4.69, 9.17) is 15.2 Å². The van der Waals surface area contributed by atoms with Gasteiger partial charge in [-0.25, -0.2) is 0 Å². The van der Waals surface area contributed by atoms with Crippen LogP contribution in [0.4, 0.5) is 11.4 Å². The van der Waals surface area contributed by atoms with Gasteiger partial charge >= 0.3 is 0 Å². The van der Waals surface area contributed by atoms with Crippen LogP contribution in [0, 0.1) is 0 Å². The highest BCUT2D eigenvalue weighted by molar-refractivity contribution is 6.05. The van der Waals surface area contributed by atoms with Crippen LogP contribution in [0.3, 0.4) is 0 Å². The number of nitrogens with zero attached hydrogens (tertiary/aromatic N) is 1. The number of nitrogens with one attached hydrogen (secondary N) is 1. The van der Waals surface area contributed by atoms with E-state index in [9.17, 15) is 9.59 Å². The minimum absolute atomic E-state index is 0.297. The zero-order valence-electron chi connectivity index (χ0n) is 18.0. The smallest absolute Gasteiger partial charge is 0.248 e. The summed E-state index contributed by atoms with van der Waals surface area (Å²) in [6, 6.07) is 10.7. The van der Waals surface area contributed by atoms with E-state index in [0.29, 0.717) is 36.0 Å². The molecule has 0 aromatic heterocycles. The van der Waals surface area contributed by atoms with Crippen molar-refractivity contribution >= 4 is 29.3 Å². The van der Waals surface area contributed by atoms with Gasteiger partial charge in [0.15, 0.2) is 11.5 Å². The Morgan fingerprint density at radius 3 is 2.42 bits per heavy atom. The van der Waals surface area contributed by atoms with Crippen LogP contribution in [-0.4, -0.2) is 38.1 Å². The van der Waals surface area contributed by atoms with Crippen molar-refractivity contribution < 1.29 is 19.1 Å². The molecule has 2 amide bonds. The Kier molecular flexibility index (Phi) is 7.54. The van der Waals surface area contributed by atoms with Gasteiger partial charge in [-0.05, 0) is 68.7 Å². The molecule has 3 N–H and O–H groups in total. The third-order valence-corrected chi connectivity index (χ3v) is 4.98. The van der Waals surface area contributed by atoms with Gasteiger partial charge in [0.2, 0.25) is 11.8 Å². The molecule has 0 bridgehead atoms. The lowest BCUT2D eigenvalue weighted by Crippen LogP contribution is -2.21. The lowest BCUT2D eigenvalue weighted by molar-refractivity contribution is -0.111. The Labute approximate surface area is 182 Å². The molecule has 1 saturated heterocycles. The van der Waals surface area contributed by atoms with Crippen molar-refractivity contribution in [1.82, 2.24) is 0 Å². The molecule has 0 atom stereocenters. The molecule has 164 valence electrons. The molecule has 0 saturated carbocycles. The second-order valence-corrected chi connectivity index (χ2v) is 7.19. The lowest BCUT2D eigenvalue weighted by atomic mass is 10.1. The molecule has 1 aliphatic rings. The molecular formula is C24H29N3O4. The molecule has 2 aromatic rings. The Morgan fingerprint density at radius 2 is 1.74 bits per heavy atom. The monoisotopic (exact) mass is 423 g/mol. The predicted octanol–water partition coefficient (Wildman–Crippen LogP) is 3.84. The number of carbonyl (C=O) groups is 2. The summed E-state index contributed by atoms with van der Waals surface area (Å²) in [4.78, 5) is 26.4. The molecule has 7 nitrogen and oxygen atoms in total. The number of primary amides is 1. The van der Waals surface area contributed by atoms with Gasteiger partial charge in [-0.2, -0.15) is 0 Å². The molecule has 0 spiro atoms. The van der Waals surface area contributed by atoms with E-state index in [1.165, 1.54) is 6.08 Å². The summed E-state index contributed by atoms with van der Waals surface area (Å²) >= 11 is 0. The van der Waals surface area contributed by atoms with Crippen LogP contribution in [0.15, 0.2) is 42.5 Å². The van der Waals surface area contributed by atoms with Crippen molar-refractivity contribution in [3.05, 3.63) is 53.6 Å². The fraction of sp³-hybridized carbons (Fsp3) is 0.333. The highest BCUT2D eigenvalue weighted by Crippen LogP contribution is 2.31.